The molecule has 0 aliphatic heterocycles. The third-order valence-electron chi connectivity index (χ3n) is 6.72. The lowest BCUT2D eigenvalue weighted by Crippen LogP contribution is -2.24. The number of aromatic nitrogens is 4. The van der Waals surface area contributed by atoms with E-state index in [1.165, 1.54) is 24.1 Å². The summed E-state index contributed by atoms with van der Waals surface area (Å²) in [7, 11) is 3.29. The molecule has 0 atom stereocenters. The molecule has 0 aliphatic rings. The summed E-state index contributed by atoms with van der Waals surface area (Å²) in [6, 6.07) is 12.3. The van der Waals surface area contributed by atoms with Crippen LogP contribution in [0.15, 0.2) is 36.4 Å². The molecule has 7 heteroatoms. The number of fused-ring (bicyclic) bond motifs is 1. The van der Waals surface area contributed by atoms with Gasteiger partial charge < -0.3 is 14.4 Å². The Labute approximate surface area is 220 Å². The maximum absolute atomic E-state index is 5.58. The summed E-state index contributed by atoms with van der Waals surface area (Å²) in [4.78, 5) is 7.37. The van der Waals surface area contributed by atoms with Crippen LogP contribution >= 0.6 is 0 Å². The molecular weight excluding hydrogens is 462 g/mol. The van der Waals surface area contributed by atoms with Crippen LogP contribution in [0, 0.1) is 6.92 Å². The summed E-state index contributed by atoms with van der Waals surface area (Å²) >= 11 is 0. The van der Waals surface area contributed by atoms with Gasteiger partial charge in [-0.15, -0.1) is 9.73 Å². The van der Waals surface area contributed by atoms with Crippen molar-refractivity contribution in [1.82, 2.24) is 19.8 Å². The van der Waals surface area contributed by atoms with Crippen LogP contribution in [0.25, 0.3) is 23.1 Å². The van der Waals surface area contributed by atoms with Crippen molar-refractivity contribution >= 4 is 17.4 Å². The lowest BCUT2D eigenvalue weighted by molar-refractivity contribution is 0.404. The van der Waals surface area contributed by atoms with Gasteiger partial charge in [0.25, 0.3) is 0 Å². The first-order valence-electron chi connectivity index (χ1n) is 13.1. The molecule has 2 aromatic carbocycles. The number of rotatable bonds is 9. The van der Waals surface area contributed by atoms with E-state index in [0.29, 0.717) is 11.6 Å². The van der Waals surface area contributed by atoms with Gasteiger partial charge in [0, 0.05) is 29.4 Å². The summed E-state index contributed by atoms with van der Waals surface area (Å²) < 4.78 is 12.6. The zero-order valence-corrected chi connectivity index (χ0v) is 23.4. The normalized spacial score (nSPS) is 12.4. The fourth-order valence-corrected chi connectivity index (χ4v) is 4.58. The van der Waals surface area contributed by atoms with Crippen molar-refractivity contribution in [3.8, 4) is 22.9 Å². The van der Waals surface area contributed by atoms with Gasteiger partial charge in [0.05, 0.1) is 25.5 Å². The Bertz CT molecular complexity index is 1430. The summed E-state index contributed by atoms with van der Waals surface area (Å²) in [5, 5.41) is 10.6. The minimum absolute atomic E-state index is 0.172. The lowest BCUT2D eigenvalue weighted by Gasteiger charge is -2.23. The van der Waals surface area contributed by atoms with Gasteiger partial charge in [-0.3, -0.25) is 0 Å². The average molecular weight is 502 g/mol. The fraction of sp³-hybridized carbons (Fsp3) is 0.433. The van der Waals surface area contributed by atoms with Gasteiger partial charge in [-0.1, -0.05) is 40.2 Å². The molecule has 0 saturated heterocycles. The highest BCUT2D eigenvalue weighted by molar-refractivity contribution is 5.70. The van der Waals surface area contributed by atoms with Crippen molar-refractivity contribution in [1.29, 1.82) is 0 Å². The molecule has 0 amide bonds. The number of hydrogen-bond donors (Lipinski definition) is 0. The summed E-state index contributed by atoms with van der Waals surface area (Å²) in [5.41, 5.74) is 5.93. The van der Waals surface area contributed by atoms with E-state index in [1.807, 2.05) is 18.2 Å². The van der Waals surface area contributed by atoms with Crippen LogP contribution in [0.4, 0.5) is 5.69 Å². The van der Waals surface area contributed by atoms with Crippen LogP contribution < -0.4 is 19.6 Å². The molecule has 0 unspecified atom stereocenters. The quantitative estimate of drug-likeness (QED) is 0.298. The Morgan fingerprint density at radius 2 is 1.78 bits per heavy atom. The maximum atomic E-state index is 5.58. The second-order valence-corrected chi connectivity index (χ2v) is 10.4. The molecule has 0 radical (unpaired) electrons. The number of methoxy groups -OCH3 is 2. The van der Waals surface area contributed by atoms with Gasteiger partial charge in [-0.05, 0) is 67.8 Å². The van der Waals surface area contributed by atoms with E-state index in [4.69, 9.17) is 24.7 Å². The predicted molar refractivity (Wildman–Crippen MR) is 151 cm³/mol. The highest BCUT2D eigenvalue weighted by Gasteiger charge is 2.24. The fourth-order valence-electron chi connectivity index (χ4n) is 4.58. The maximum Gasteiger partial charge on any atom is 0.187 e. The summed E-state index contributed by atoms with van der Waals surface area (Å²) in [5.74, 6) is 1.96. The SMILES string of the molecule is CCCCN(CC)c1ccc(C=c2c(C(C)(C)C)nn3nc(-c4cc(OC)ccc4OC)nc23)c(C)c1. The van der Waals surface area contributed by atoms with E-state index < -0.39 is 0 Å². The Kier molecular flexibility index (Phi) is 7.71. The highest BCUT2D eigenvalue weighted by atomic mass is 16.5. The standard InChI is InChI=1S/C30H39N5O2/c1-9-11-16-34(10-2)22-13-12-21(20(3)17-22)18-25-27(30(4,5)6)32-35-29(25)31-28(33-35)24-19-23(36-7)14-15-26(24)37-8/h12-15,17-19H,9-11,16H2,1-8H3. The van der Waals surface area contributed by atoms with E-state index in [9.17, 15) is 0 Å². The largest absolute Gasteiger partial charge is 0.497 e. The molecule has 0 N–H and O–H groups in total. The number of ether oxygens (including phenoxy) is 2. The molecule has 0 saturated carbocycles. The second kappa shape index (κ2) is 10.8. The van der Waals surface area contributed by atoms with Gasteiger partial charge in [0.2, 0.25) is 0 Å². The van der Waals surface area contributed by atoms with E-state index >= 15 is 0 Å². The van der Waals surface area contributed by atoms with Gasteiger partial charge in [0.15, 0.2) is 11.5 Å². The third-order valence-corrected chi connectivity index (χ3v) is 6.72. The van der Waals surface area contributed by atoms with Crippen molar-refractivity contribution in [3.63, 3.8) is 0 Å². The number of hydrogen-bond acceptors (Lipinski definition) is 6. The Morgan fingerprint density at radius 3 is 2.41 bits per heavy atom. The van der Waals surface area contributed by atoms with Crippen LogP contribution in [0.1, 0.15) is 64.3 Å². The molecule has 196 valence electrons. The van der Waals surface area contributed by atoms with Crippen molar-refractivity contribution in [3.05, 3.63) is 58.4 Å². The molecule has 0 fully saturated rings. The molecular formula is C30H39N5O2. The van der Waals surface area contributed by atoms with Gasteiger partial charge in [-0.2, -0.15) is 5.10 Å². The molecule has 4 aromatic rings. The first-order valence-corrected chi connectivity index (χ1v) is 13.1. The first-order chi connectivity index (χ1) is 17.7. The first kappa shape index (κ1) is 26.5. The highest BCUT2D eigenvalue weighted by Crippen LogP contribution is 2.32. The van der Waals surface area contributed by atoms with E-state index in [0.717, 1.165) is 46.5 Å². The predicted octanol–water partition coefficient (Wildman–Crippen LogP) is 5.59. The number of anilines is 1. The smallest absolute Gasteiger partial charge is 0.187 e. The van der Waals surface area contributed by atoms with Crippen molar-refractivity contribution < 1.29 is 9.47 Å². The Hall–Kier alpha value is -3.61. The topological polar surface area (TPSA) is 64.8 Å². The molecule has 2 aromatic heterocycles. The van der Waals surface area contributed by atoms with Gasteiger partial charge in [0.1, 0.15) is 11.5 Å². The van der Waals surface area contributed by atoms with Gasteiger partial charge >= 0.3 is 0 Å². The zero-order valence-electron chi connectivity index (χ0n) is 23.4. The Morgan fingerprint density at radius 1 is 1.00 bits per heavy atom. The molecule has 0 aliphatic carbocycles. The van der Waals surface area contributed by atoms with Crippen LogP contribution in [0.5, 0.6) is 11.5 Å². The van der Waals surface area contributed by atoms with Crippen LogP contribution in [-0.4, -0.2) is 47.1 Å². The summed E-state index contributed by atoms with van der Waals surface area (Å²) in [6.07, 6.45) is 4.59. The molecule has 4 rings (SSSR count). The number of benzene rings is 2. The molecule has 0 spiro atoms. The van der Waals surface area contributed by atoms with E-state index in [2.05, 4.69) is 70.7 Å². The minimum atomic E-state index is -0.172. The average Bonchev–Trinajstić information content (AvgIpc) is 3.44. The Balaban J connectivity index is 1.85. The molecule has 0 bridgehead atoms. The second-order valence-electron chi connectivity index (χ2n) is 10.4. The number of unbranched alkanes of at least 4 members (excludes halogenated alkanes) is 1. The van der Waals surface area contributed by atoms with Gasteiger partial charge in [-0.25, -0.2) is 4.98 Å². The van der Waals surface area contributed by atoms with Crippen molar-refractivity contribution in [2.45, 2.75) is 59.8 Å². The van der Waals surface area contributed by atoms with Crippen LogP contribution in [0.3, 0.4) is 0 Å². The van der Waals surface area contributed by atoms with Crippen LogP contribution in [0.2, 0.25) is 0 Å². The lowest BCUT2D eigenvalue weighted by atomic mass is 9.90. The monoisotopic (exact) mass is 501 g/mol. The minimum Gasteiger partial charge on any atom is -0.497 e. The van der Waals surface area contributed by atoms with E-state index in [1.54, 1.807) is 18.8 Å². The number of aryl methyl sites for hydroxylation is 1. The van der Waals surface area contributed by atoms with Crippen molar-refractivity contribution in [2.75, 3.05) is 32.2 Å². The molecule has 37 heavy (non-hydrogen) atoms. The molecule has 7 nitrogen and oxygen atoms in total. The summed E-state index contributed by atoms with van der Waals surface area (Å²) in [6.45, 7) is 15.2. The zero-order chi connectivity index (χ0) is 26.7. The third kappa shape index (κ3) is 5.41. The van der Waals surface area contributed by atoms with Crippen LogP contribution in [-0.2, 0) is 5.41 Å². The molecule has 2 heterocycles. The van der Waals surface area contributed by atoms with Crippen molar-refractivity contribution in [2.24, 2.45) is 0 Å². The number of nitrogens with zero attached hydrogens (tertiary/aromatic N) is 5. The van der Waals surface area contributed by atoms with E-state index in [-0.39, 0.29) is 5.41 Å².